The van der Waals surface area contributed by atoms with E-state index in [0.29, 0.717) is 0 Å². The highest BCUT2D eigenvalue weighted by Gasteiger charge is 2.43. The molecule has 2 aromatic carbocycles. The van der Waals surface area contributed by atoms with Crippen LogP contribution in [0.15, 0.2) is 53.6 Å². The second-order valence-corrected chi connectivity index (χ2v) is 7.65. The first kappa shape index (κ1) is 17.2. The number of aromatic hydroxyl groups is 1. The molecule has 2 unspecified atom stereocenters. The molecule has 1 aliphatic carbocycles. The molecule has 2 atom stereocenters. The minimum absolute atomic E-state index is 0.00236. The van der Waals surface area contributed by atoms with Gasteiger partial charge >= 0.3 is 0 Å². The molecule has 0 saturated heterocycles. The maximum absolute atomic E-state index is 12.2. The average molecular weight is 336 g/mol. The molecule has 1 fully saturated rings. The third-order valence-electron chi connectivity index (χ3n) is 4.61. The van der Waals surface area contributed by atoms with Crippen LogP contribution in [-0.2, 0) is 10.2 Å². The van der Waals surface area contributed by atoms with Gasteiger partial charge in [-0.3, -0.25) is 4.79 Å². The summed E-state index contributed by atoms with van der Waals surface area (Å²) in [4.78, 5) is 12.2. The number of hydrogen-bond acceptors (Lipinski definition) is 3. The number of nitrogens with zero attached hydrogens (tertiary/aromatic N) is 1. The van der Waals surface area contributed by atoms with Crippen LogP contribution >= 0.6 is 0 Å². The fraction of sp³-hybridized carbons (Fsp3) is 0.333. The molecule has 1 saturated carbocycles. The lowest BCUT2D eigenvalue weighted by atomic mass is 9.86. The number of hydrogen-bond donors (Lipinski definition) is 2. The van der Waals surface area contributed by atoms with Crippen LogP contribution in [0.2, 0.25) is 0 Å². The van der Waals surface area contributed by atoms with Gasteiger partial charge in [0.25, 0.3) is 0 Å². The Morgan fingerprint density at radius 1 is 1.12 bits per heavy atom. The van der Waals surface area contributed by atoms with Crippen LogP contribution in [0.25, 0.3) is 0 Å². The van der Waals surface area contributed by atoms with Gasteiger partial charge in [-0.1, -0.05) is 45.0 Å². The van der Waals surface area contributed by atoms with E-state index in [1.54, 1.807) is 30.5 Å². The van der Waals surface area contributed by atoms with Crippen molar-refractivity contribution in [2.75, 3.05) is 0 Å². The van der Waals surface area contributed by atoms with Crippen molar-refractivity contribution < 1.29 is 9.90 Å². The molecular weight excluding hydrogens is 312 g/mol. The summed E-state index contributed by atoms with van der Waals surface area (Å²) in [6.07, 6.45) is 2.45. The van der Waals surface area contributed by atoms with E-state index >= 15 is 0 Å². The zero-order valence-electron chi connectivity index (χ0n) is 14.9. The van der Waals surface area contributed by atoms with Crippen molar-refractivity contribution in [1.82, 2.24) is 5.43 Å². The molecule has 4 heteroatoms. The lowest BCUT2D eigenvalue weighted by Gasteiger charge is -2.19. The zero-order valence-corrected chi connectivity index (χ0v) is 14.9. The number of carbonyl (C=O) groups is 1. The van der Waals surface area contributed by atoms with Gasteiger partial charge < -0.3 is 5.11 Å². The van der Waals surface area contributed by atoms with E-state index < -0.39 is 0 Å². The first-order chi connectivity index (χ1) is 11.8. The number of carbonyl (C=O) groups excluding carboxylic acids is 1. The minimum Gasteiger partial charge on any atom is -0.508 e. The van der Waals surface area contributed by atoms with Crippen LogP contribution in [0, 0.1) is 5.92 Å². The quantitative estimate of drug-likeness (QED) is 0.656. The van der Waals surface area contributed by atoms with Crippen molar-refractivity contribution >= 4 is 12.1 Å². The molecule has 2 N–H and O–H groups in total. The normalized spacial score (nSPS) is 19.8. The van der Waals surface area contributed by atoms with E-state index in [0.717, 1.165) is 12.0 Å². The smallest absolute Gasteiger partial charge is 0.243 e. The van der Waals surface area contributed by atoms with E-state index in [-0.39, 0.29) is 28.9 Å². The zero-order chi connectivity index (χ0) is 18.0. The van der Waals surface area contributed by atoms with Crippen molar-refractivity contribution in [3.63, 3.8) is 0 Å². The van der Waals surface area contributed by atoms with E-state index in [9.17, 15) is 9.90 Å². The summed E-state index contributed by atoms with van der Waals surface area (Å²) in [5, 5.41) is 13.2. The molecule has 0 radical (unpaired) electrons. The number of phenols is 1. The molecule has 1 amide bonds. The lowest BCUT2D eigenvalue weighted by molar-refractivity contribution is -0.122. The predicted molar refractivity (Wildman–Crippen MR) is 99.8 cm³/mol. The highest BCUT2D eigenvalue weighted by Crippen LogP contribution is 2.47. The van der Waals surface area contributed by atoms with E-state index in [1.165, 1.54) is 11.1 Å². The summed E-state index contributed by atoms with van der Waals surface area (Å²) in [6.45, 7) is 6.59. The first-order valence-electron chi connectivity index (χ1n) is 8.57. The molecule has 3 rings (SSSR count). The summed E-state index contributed by atoms with van der Waals surface area (Å²) in [6, 6.07) is 15.2. The van der Waals surface area contributed by atoms with Gasteiger partial charge in [-0.2, -0.15) is 5.10 Å². The van der Waals surface area contributed by atoms with E-state index in [4.69, 9.17) is 0 Å². The van der Waals surface area contributed by atoms with Gasteiger partial charge in [0.15, 0.2) is 0 Å². The third kappa shape index (κ3) is 4.27. The number of phenolic OH excluding ortho intramolecular Hbond substituents is 1. The Hall–Kier alpha value is -2.62. The molecule has 1 aliphatic rings. The van der Waals surface area contributed by atoms with Gasteiger partial charge in [0.1, 0.15) is 5.75 Å². The van der Waals surface area contributed by atoms with Gasteiger partial charge in [-0.05, 0) is 58.7 Å². The Morgan fingerprint density at radius 3 is 2.36 bits per heavy atom. The molecule has 0 heterocycles. The average Bonchev–Trinajstić information content (AvgIpc) is 3.37. The van der Waals surface area contributed by atoms with Crippen molar-refractivity contribution in [2.24, 2.45) is 11.0 Å². The monoisotopic (exact) mass is 336 g/mol. The Balaban J connectivity index is 1.54. The van der Waals surface area contributed by atoms with Crippen molar-refractivity contribution in [2.45, 2.75) is 38.5 Å². The Morgan fingerprint density at radius 2 is 1.76 bits per heavy atom. The van der Waals surface area contributed by atoms with Crippen molar-refractivity contribution in [1.29, 1.82) is 0 Å². The highest BCUT2D eigenvalue weighted by atomic mass is 16.3. The summed E-state index contributed by atoms with van der Waals surface area (Å²) < 4.78 is 0. The number of amides is 1. The van der Waals surface area contributed by atoms with Crippen molar-refractivity contribution in [3.8, 4) is 5.75 Å². The van der Waals surface area contributed by atoms with Crippen molar-refractivity contribution in [3.05, 3.63) is 65.2 Å². The van der Waals surface area contributed by atoms with Gasteiger partial charge in [0.05, 0.1) is 6.21 Å². The summed E-state index contributed by atoms with van der Waals surface area (Å²) >= 11 is 0. The van der Waals surface area contributed by atoms with E-state index in [2.05, 4.69) is 55.6 Å². The summed E-state index contributed by atoms with van der Waals surface area (Å²) in [5.41, 5.74) is 6.09. The largest absolute Gasteiger partial charge is 0.508 e. The van der Waals surface area contributed by atoms with Gasteiger partial charge in [0, 0.05) is 5.92 Å². The fourth-order valence-electron chi connectivity index (χ4n) is 2.90. The standard InChI is InChI=1S/C21H24N2O2/c1-21(2,3)16-8-6-15(7-9-16)18-12-19(18)20(25)23-22-13-14-4-10-17(24)11-5-14/h4-11,13,18-19,24H,12H2,1-3H3,(H,23,25). The summed E-state index contributed by atoms with van der Waals surface area (Å²) in [7, 11) is 0. The molecule has 4 nitrogen and oxygen atoms in total. The lowest BCUT2D eigenvalue weighted by Crippen LogP contribution is -2.20. The Bertz CT molecular complexity index is 771. The molecule has 130 valence electrons. The fourth-order valence-corrected chi connectivity index (χ4v) is 2.90. The number of benzene rings is 2. The maximum Gasteiger partial charge on any atom is 0.243 e. The van der Waals surface area contributed by atoms with Gasteiger partial charge in [-0.25, -0.2) is 5.43 Å². The number of rotatable bonds is 4. The molecule has 0 spiro atoms. The second kappa shape index (κ2) is 6.71. The number of hydrazone groups is 1. The first-order valence-corrected chi connectivity index (χ1v) is 8.57. The molecule has 2 aromatic rings. The molecular formula is C21H24N2O2. The molecule has 25 heavy (non-hydrogen) atoms. The van der Waals surface area contributed by atoms with E-state index in [1.807, 2.05) is 0 Å². The topological polar surface area (TPSA) is 61.7 Å². The predicted octanol–water partition coefficient (Wildman–Crippen LogP) is 3.94. The number of nitrogens with one attached hydrogen (secondary N) is 1. The van der Waals surface area contributed by atoms with Gasteiger partial charge in [0.2, 0.25) is 5.91 Å². The Kier molecular flexibility index (Phi) is 4.62. The Labute approximate surface area is 148 Å². The van der Waals surface area contributed by atoms with Crippen LogP contribution in [-0.4, -0.2) is 17.2 Å². The summed E-state index contributed by atoms with van der Waals surface area (Å²) in [5.74, 6) is 0.453. The van der Waals surface area contributed by atoms with Crippen LogP contribution in [0.1, 0.15) is 49.8 Å². The van der Waals surface area contributed by atoms with Crippen LogP contribution in [0.3, 0.4) is 0 Å². The molecule has 0 aromatic heterocycles. The third-order valence-corrected chi connectivity index (χ3v) is 4.61. The maximum atomic E-state index is 12.2. The molecule has 0 bridgehead atoms. The minimum atomic E-state index is -0.0417. The SMILES string of the molecule is CC(C)(C)c1ccc(C2CC2C(=O)NN=Cc2ccc(O)cc2)cc1. The van der Waals surface area contributed by atoms with Gasteiger partial charge in [-0.15, -0.1) is 0 Å². The van der Waals surface area contributed by atoms with Crippen LogP contribution < -0.4 is 5.43 Å². The van der Waals surface area contributed by atoms with Crippen LogP contribution in [0.5, 0.6) is 5.75 Å². The highest BCUT2D eigenvalue weighted by molar-refractivity contribution is 5.85. The second-order valence-electron chi connectivity index (χ2n) is 7.65. The molecule has 0 aliphatic heterocycles. The van der Waals surface area contributed by atoms with Crippen LogP contribution in [0.4, 0.5) is 0 Å².